The molecule has 2 fully saturated rings. The predicted octanol–water partition coefficient (Wildman–Crippen LogP) is 3.03. The molecule has 1 saturated heterocycles. The molecule has 5 atom stereocenters. The van der Waals surface area contributed by atoms with Crippen LogP contribution in [-0.4, -0.2) is 75.0 Å². The molecule has 1 aromatic heterocycles. The summed E-state index contributed by atoms with van der Waals surface area (Å²) in [6.45, 7) is 6.87. The quantitative estimate of drug-likeness (QED) is 0.290. The fourth-order valence-corrected chi connectivity index (χ4v) is 6.60. The number of nitrogens with zero attached hydrogens (tertiary/aromatic N) is 3. The first-order valence-electron chi connectivity index (χ1n) is 14.2. The second kappa shape index (κ2) is 14.7. The van der Waals surface area contributed by atoms with Crippen molar-refractivity contribution in [2.75, 3.05) is 6.61 Å². The molecule has 0 radical (unpaired) electrons. The summed E-state index contributed by atoms with van der Waals surface area (Å²) in [7, 11) is 0. The van der Waals surface area contributed by atoms with Crippen LogP contribution in [0.2, 0.25) is 0 Å². The maximum Gasteiger partial charge on any atom is 0.303 e. The standard InChI is InChI=1S/C29H38N4O9S/c1-16-9-8-12-22(13-16)39-15-24-31-32-29(33(24)21-10-6-7-11-21)43-28-25(30-17(2)34)27(41-20(5)37)26(40-19(4)36)23(42-28)14-38-18(3)35/h8-9,12-13,21,23,25-28H,6-7,10-11,14-15H2,1-5H3,(H,30,34)/t23-,25+,26+,27-,28+/m1/s1. The SMILES string of the molecule is CC(=O)N[C@H]1[C@@H](OC(C)=O)[C@@H](OC(C)=O)[C@@H](COC(C)=O)O[C@H]1Sc1nnc(COc2cccc(C)c2)n1C1CCCC1. The van der Waals surface area contributed by atoms with E-state index in [2.05, 4.69) is 15.5 Å². The van der Waals surface area contributed by atoms with Crippen LogP contribution >= 0.6 is 11.8 Å². The van der Waals surface area contributed by atoms with Crippen molar-refractivity contribution in [2.45, 2.75) is 108 Å². The number of benzene rings is 1. The van der Waals surface area contributed by atoms with E-state index in [1.165, 1.54) is 39.5 Å². The minimum atomic E-state index is -1.17. The van der Waals surface area contributed by atoms with E-state index in [0.29, 0.717) is 16.7 Å². The van der Waals surface area contributed by atoms with Crippen LogP contribution in [0.15, 0.2) is 29.4 Å². The molecular weight excluding hydrogens is 580 g/mol. The molecule has 1 N–H and O–H groups in total. The van der Waals surface area contributed by atoms with Gasteiger partial charge in [-0.3, -0.25) is 23.7 Å². The zero-order valence-electron chi connectivity index (χ0n) is 24.9. The van der Waals surface area contributed by atoms with Crippen LogP contribution in [0.25, 0.3) is 0 Å². The summed E-state index contributed by atoms with van der Waals surface area (Å²) >= 11 is 1.19. The third-order valence-corrected chi connectivity index (χ3v) is 8.20. The Kier molecular flexibility index (Phi) is 11.0. The molecule has 1 saturated carbocycles. The monoisotopic (exact) mass is 618 g/mol. The lowest BCUT2D eigenvalue weighted by Crippen LogP contribution is -2.65. The Balaban J connectivity index is 1.68. The summed E-state index contributed by atoms with van der Waals surface area (Å²) < 4.78 is 30.8. The molecule has 0 spiro atoms. The molecule has 234 valence electrons. The lowest BCUT2D eigenvalue weighted by molar-refractivity contribution is -0.211. The Morgan fingerprint density at radius 2 is 1.70 bits per heavy atom. The predicted molar refractivity (Wildman–Crippen MR) is 153 cm³/mol. The maximum absolute atomic E-state index is 12.3. The molecule has 13 nitrogen and oxygen atoms in total. The number of thioether (sulfide) groups is 1. The van der Waals surface area contributed by atoms with Crippen LogP contribution in [0.1, 0.15) is 70.8 Å². The minimum absolute atomic E-state index is 0.131. The van der Waals surface area contributed by atoms with E-state index in [0.717, 1.165) is 31.2 Å². The first kappa shape index (κ1) is 32.3. The molecule has 1 aromatic carbocycles. The van der Waals surface area contributed by atoms with E-state index < -0.39 is 53.6 Å². The normalized spacial score (nSPS) is 23.8. The number of aryl methyl sites for hydroxylation is 1. The Labute approximate surface area is 254 Å². The summed E-state index contributed by atoms with van der Waals surface area (Å²) in [4.78, 5) is 48.3. The summed E-state index contributed by atoms with van der Waals surface area (Å²) in [5.41, 5.74) is 0.178. The van der Waals surface area contributed by atoms with E-state index in [1.807, 2.05) is 35.8 Å². The number of hydrogen-bond donors (Lipinski definition) is 1. The number of ether oxygens (including phenoxy) is 5. The van der Waals surface area contributed by atoms with Gasteiger partial charge >= 0.3 is 17.9 Å². The number of aromatic nitrogens is 3. The minimum Gasteiger partial charge on any atom is -0.486 e. The first-order valence-corrected chi connectivity index (χ1v) is 15.1. The van der Waals surface area contributed by atoms with Crippen molar-refractivity contribution in [3.05, 3.63) is 35.7 Å². The average molecular weight is 619 g/mol. The Bertz CT molecular complexity index is 1310. The molecular formula is C29H38N4O9S. The number of carbonyl (C=O) groups excluding carboxylic acids is 4. The van der Waals surface area contributed by atoms with Crippen LogP contribution in [0.5, 0.6) is 5.75 Å². The molecule has 43 heavy (non-hydrogen) atoms. The topological polar surface area (TPSA) is 157 Å². The summed E-state index contributed by atoms with van der Waals surface area (Å²) in [6.07, 6.45) is 0.661. The smallest absolute Gasteiger partial charge is 0.303 e. The number of nitrogens with one attached hydrogen (secondary N) is 1. The van der Waals surface area contributed by atoms with Crippen molar-refractivity contribution >= 4 is 35.6 Å². The number of carbonyl (C=O) groups is 4. The van der Waals surface area contributed by atoms with Crippen molar-refractivity contribution in [2.24, 2.45) is 0 Å². The maximum atomic E-state index is 12.3. The van der Waals surface area contributed by atoms with E-state index in [-0.39, 0.29) is 19.3 Å². The van der Waals surface area contributed by atoms with Gasteiger partial charge in [-0.15, -0.1) is 10.2 Å². The number of rotatable bonds is 11. The molecule has 1 aliphatic carbocycles. The van der Waals surface area contributed by atoms with E-state index in [4.69, 9.17) is 23.7 Å². The van der Waals surface area contributed by atoms with Crippen LogP contribution < -0.4 is 10.1 Å². The molecule has 2 aromatic rings. The zero-order chi connectivity index (χ0) is 31.1. The highest BCUT2D eigenvalue weighted by molar-refractivity contribution is 7.99. The van der Waals surface area contributed by atoms with Crippen molar-refractivity contribution in [1.82, 2.24) is 20.1 Å². The Hall–Kier alpha value is -3.65. The molecule has 2 heterocycles. The second-order valence-corrected chi connectivity index (χ2v) is 11.7. The van der Waals surface area contributed by atoms with E-state index >= 15 is 0 Å². The van der Waals surface area contributed by atoms with Crippen LogP contribution in [0.3, 0.4) is 0 Å². The molecule has 0 bridgehead atoms. The third kappa shape index (κ3) is 8.69. The largest absolute Gasteiger partial charge is 0.486 e. The van der Waals surface area contributed by atoms with Gasteiger partial charge in [-0.2, -0.15) is 0 Å². The fourth-order valence-electron chi connectivity index (χ4n) is 5.36. The van der Waals surface area contributed by atoms with Gasteiger partial charge in [-0.05, 0) is 37.5 Å². The van der Waals surface area contributed by atoms with E-state index in [9.17, 15) is 19.2 Å². The highest BCUT2D eigenvalue weighted by atomic mass is 32.2. The second-order valence-electron chi connectivity index (χ2n) is 10.7. The van der Waals surface area contributed by atoms with Crippen molar-refractivity contribution < 1.29 is 42.9 Å². The van der Waals surface area contributed by atoms with Gasteiger partial charge in [-0.1, -0.05) is 36.7 Å². The van der Waals surface area contributed by atoms with Gasteiger partial charge in [-0.25, -0.2) is 0 Å². The molecule has 0 unspecified atom stereocenters. The van der Waals surface area contributed by atoms with Crippen LogP contribution in [-0.2, 0) is 44.7 Å². The van der Waals surface area contributed by atoms with Crippen molar-refractivity contribution in [3.63, 3.8) is 0 Å². The van der Waals surface area contributed by atoms with Crippen molar-refractivity contribution in [3.8, 4) is 5.75 Å². The molecule has 14 heteroatoms. The lowest BCUT2D eigenvalue weighted by atomic mass is 9.97. The van der Waals surface area contributed by atoms with Gasteiger partial charge in [0.25, 0.3) is 0 Å². The Morgan fingerprint density at radius 1 is 1.00 bits per heavy atom. The lowest BCUT2D eigenvalue weighted by Gasteiger charge is -2.44. The molecule has 1 aliphatic heterocycles. The van der Waals surface area contributed by atoms with Gasteiger partial charge in [0.1, 0.15) is 36.5 Å². The van der Waals surface area contributed by atoms with Gasteiger partial charge in [0, 0.05) is 33.7 Å². The summed E-state index contributed by atoms with van der Waals surface area (Å²) in [6, 6.07) is 6.91. The Morgan fingerprint density at radius 3 is 2.33 bits per heavy atom. The highest BCUT2D eigenvalue weighted by Gasteiger charge is 2.51. The number of hydrogen-bond acceptors (Lipinski definition) is 12. The average Bonchev–Trinajstić information content (AvgIpc) is 3.59. The molecule has 1 amide bonds. The molecule has 4 rings (SSSR count). The first-order chi connectivity index (χ1) is 20.5. The third-order valence-electron chi connectivity index (χ3n) is 7.08. The molecule has 2 aliphatic rings. The fraction of sp³-hybridized carbons (Fsp3) is 0.586. The van der Waals surface area contributed by atoms with E-state index in [1.54, 1.807) is 0 Å². The summed E-state index contributed by atoms with van der Waals surface area (Å²) in [5, 5.41) is 12.2. The van der Waals surface area contributed by atoms with Gasteiger partial charge in [0.15, 0.2) is 23.2 Å². The van der Waals surface area contributed by atoms with Crippen LogP contribution in [0.4, 0.5) is 0 Å². The van der Waals surface area contributed by atoms with Gasteiger partial charge in [0.2, 0.25) is 5.91 Å². The van der Waals surface area contributed by atoms with Gasteiger partial charge < -0.3 is 29.0 Å². The van der Waals surface area contributed by atoms with Crippen molar-refractivity contribution in [1.29, 1.82) is 0 Å². The number of esters is 3. The number of amides is 1. The highest BCUT2D eigenvalue weighted by Crippen LogP contribution is 2.39. The van der Waals surface area contributed by atoms with Gasteiger partial charge in [0.05, 0.1) is 0 Å². The van der Waals surface area contributed by atoms with Crippen LogP contribution in [0, 0.1) is 6.92 Å². The zero-order valence-corrected chi connectivity index (χ0v) is 25.8. The summed E-state index contributed by atoms with van der Waals surface area (Å²) in [5.74, 6) is -0.953.